The van der Waals surface area contributed by atoms with E-state index in [1.165, 1.54) is 0 Å². The fourth-order valence-electron chi connectivity index (χ4n) is 1.46. The summed E-state index contributed by atoms with van der Waals surface area (Å²) in [7, 11) is 0. The Morgan fingerprint density at radius 2 is 1.83 bits per heavy atom. The third-order valence-electron chi connectivity index (χ3n) is 2.31. The van der Waals surface area contributed by atoms with Crippen LogP contribution in [0.5, 0.6) is 0 Å². The van der Waals surface area contributed by atoms with Crippen molar-refractivity contribution >= 4 is 43.5 Å². The highest BCUT2D eigenvalue weighted by atomic mass is 79.9. The van der Waals surface area contributed by atoms with Crippen LogP contribution in [0, 0.1) is 0 Å². The van der Waals surface area contributed by atoms with Crippen LogP contribution in [-0.4, -0.2) is 9.97 Å². The first kappa shape index (κ1) is 14.0. The first-order valence-corrected chi connectivity index (χ1v) is 7.24. The number of rotatable bonds is 1. The zero-order valence-electron chi connectivity index (χ0n) is 10.1. The van der Waals surface area contributed by atoms with E-state index in [1.54, 1.807) is 12.1 Å². The molecule has 2 rings (SSSR count). The van der Waals surface area contributed by atoms with Gasteiger partial charge in [-0.2, -0.15) is 0 Å². The van der Waals surface area contributed by atoms with E-state index in [0.29, 0.717) is 21.4 Å². The van der Waals surface area contributed by atoms with E-state index in [-0.39, 0.29) is 5.41 Å². The van der Waals surface area contributed by atoms with Crippen molar-refractivity contribution in [2.24, 2.45) is 0 Å². The molecule has 0 fully saturated rings. The lowest BCUT2D eigenvalue weighted by Crippen LogP contribution is -2.16. The fraction of sp³-hybridized carbons (Fsp3) is 0.333. The lowest BCUT2D eigenvalue weighted by Gasteiger charge is -2.20. The predicted molar refractivity (Wildman–Crippen MR) is 78.8 cm³/mol. The van der Waals surface area contributed by atoms with Gasteiger partial charge in [-0.3, -0.25) is 0 Å². The molecule has 0 aliphatic heterocycles. The number of nitrogens with zero attached hydrogens (tertiary/aromatic N) is 2. The summed E-state index contributed by atoms with van der Waals surface area (Å²) < 4.78 is 6.81. The van der Waals surface area contributed by atoms with Gasteiger partial charge in [0.15, 0.2) is 16.3 Å². The molecule has 0 aromatic carbocycles. The maximum Gasteiger partial charge on any atom is 0.197 e. The summed E-state index contributed by atoms with van der Waals surface area (Å²) in [6.07, 6.45) is 0. The van der Waals surface area contributed by atoms with E-state index in [9.17, 15) is 0 Å². The Morgan fingerprint density at radius 1 is 1.17 bits per heavy atom. The molecule has 96 valence electrons. The minimum absolute atomic E-state index is 0.135. The highest BCUT2D eigenvalue weighted by Crippen LogP contribution is 2.34. The molecule has 0 atom stereocenters. The number of aromatic nitrogens is 2. The van der Waals surface area contributed by atoms with Crippen molar-refractivity contribution in [1.29, 1.82) is 0 Å². The van der Waals surface area contributed by atoms with Crippen LogP contribution >= 0.6 is 43.5 Å². The average molecular weight is 394 g/mol. The molecule has 2 aromatic heterocycles. The first-order valence-electron chi connectivity index (χ1n) is 5.28. The second-order valence-electron chi connectivity index (χ2n) is 4.85. The summed E-state index contributed by atoms with van der Waals surface area (Å²) in [5.41, 5.74) is 0.717. The van der Waals surface area contributed by atoms with Crippen LogP contribution in [0.4, 0.5) is 0 Å². The molecule has 0 N–H and O–H groups in total. The van der Waals surface area contributed by atoms with Crippen LogP contribution in [0.3, 0.4) is 0 Å². The lowest BCUT2D eigenvalue weighted by molar-refractivity contribution is 0.542. The molecule has 6 heteroatoms. The van der Waals surface area contributed by atoms with Gasteiger partial charge in [0.1, 0.15) is 5.15 Å². The van der Waals surface area contributed by atoms with Crippen LogP contribution < -0.4 is 0 Å². The average Bonchev–Trinajstić information content (AvgIpc) is 2.67. The first-order chi connectivity index (χ1) is 8.29. The van der Waals surface area contributed by atoms with E-state index < -0.39 is 0 Å². The summed E-state index contributed by atoms with van der Waals surface area (Å²) in [4.78, 5) is 8.75. The van der Waals surface area contributed by atoms with Gasteiger partial charge in [0.05, 0.1) is 10.2 Å². The minimum Gasteiger partial charge on any atom is -0.446 e. The summed E-state index contributed by atoms with van der Waals surface area (Å²) in [5, 5.41) is 0.387. The summed E-state index contributed by atoms with van der Waals surface area (Å²) in [6.45, 7) is 6.20. The molecule has 2 heterocycles. The number of furan rings is 1. The van der Waals surface area contributed by atoms with Gasteiger partial charge >= 0.3 is 0 Å². The Morgan fingerprint density at radius 3 is 2.33 bits per heavy atom. The molecule has 0 aliphatic carbocycles. The standard InChI is InChI=1S/C12H11Br2ClN2O/c1-12(2,3)9-8(14)10(15)17-11(16-9)6-4-5-7(13)18-6/h4-5H,1-3H3. The van der Waals surface area contributed by atoms with E-state index >= 15 is 0 Å². The Bertz CT molecular complexity index is 590. The quantitative estimate of drug-likeness (QED) is 0.623. The fourth-order valence-corrected chi connectivity index (χ4v) is 2.71. The Labute approximate surface area is 127 Å². The number of hydrogen-bond acceptors (Lipinski definition) is 3. The normalized spacial score (nSPS) is 11.9. The summed E-state index contributed by atoms with van der Waals surface area (Å²) in [6, 6.07) is 3.60. The maximum absolute atomic E-state index is 6.13. The third kappa shape index (κ3) is 2.78. The molecule has 2 aromatic rings. The minimum atomic E-state index is -0.135. The van der Waals surface area contributed by atoms with Crippen LogP contribution in [0.1, 0.15) is 26.5 Å². The van der Waals surface area contributed by atoms with Crippen molar-refractivity contribution in [2.75, 3.05) is 0 Å². The van der Waals surface area contributed by atoms with E-state index in [0.717, 1.165) is 10.2 Å². The molecule has 0 unspecified atom stereocenters. The molecule has 0 saturated heterocycles. The number of hydrogen-bond donors (Lipinski definition) is 0. The molecular formula is C12H11Br2ClN2O. The van der Waals surface area contributed by atoms with Crippen molar-refractivity contribution in [3.05, 3.63) is 32.1 Å². The largest absolute Gasteiger partial charge is 0.446 e. The van der Waals surface area contributed by atoms with Crippen LogP contribution in [-0.2, 0) is 5.41 Å². The second-order valence-corrected chi connectivity index (χ2v) is 6.79. The third-order valence-corrected chi connectivity index (χ3v) is 3.99. The lowest BCUT2D eigenvalue weighted by atomic mass is 9.92. The van der Waals surface area contributed by atoms with Gasteiger partial charge in [0, 0.05) is 5.41 Å². The molecule has 0 radical (unpaired) electrons. The molecule has 0 bridgehead atoms. The highest BCUT2D eigenvalue weighted by Gasteiger charge is 2.23. The molecule has 0 spiro atoms. The Kier molecular flexibility index (Phi) is 3.85. The van der Waals surface area contributed by atoms with Gasteiger partial charge in [-0.1, -0.05) is 32.4 Å². The van der Waals surface area contributed by atoms with Crippen molar-refractivity contribution in [3.63, 3.8) is 0 Å². The van der Waals surface area contributed by atoms with Gasteiger partial charge < -0.3 is 4.42 Å². The van der Waals surface area contributed by atoms with Gasteiger partial charge in [-0.25, -0.2) is 9.97 Å². The smallest absolute Gasteiger partial charge is 0.197 e. The topological polar surface area (TPSA) is 38.9 Å². The molecular weight excluding hydrogens is 383 g/mol. The Hall–Kier alpha value is -0.390. The second kappa shape index (κ2) is 4.94. The van der Waals surface area contributed by atoms with Crippen molar-refractivity contribution in [3.8, 4) is 11.6 Å². The molecule has 0 aliphatic rings. The SMILES string of the molecule is CC(C)(C)c1nc(-c2ccc(Br)o2)nc(Cl)c1Br. The van der Waals surface area contributed by atoms with E-state index in [4.69, 9.17) is 16.0 Å². The molecule has 18 heavy (non-hydrogen) atoms. The van der Waals surface area contributed by atoms with E-state index in [2.05, 4.69) is 62.6 Å². The van der Waals surface area contributed by atoms with Crippen LogP contribution in [0.25, 0.3) is 11.6 Å². The number of halogens is 3. The van der Waals surface area contributed by atoms with Gasteiger partial charge in [-0.05, 0) is 44.0 Å². The van der Waals surface area contributed by atoms with Crippen LogP contribution in [0.15, 0.2) is 25.7 Å². The highest BCUT2D eigenvalue weighted by molar-refractivity contribution is 9.10. The van der Waals surface area contributed by atoms with Crippen molar-refractivity contribution < 1.29 is 4.42 Å². The predicted octanol–water partition coefficient (Wildman–Crippen LogP) is 5.21. The zero-order chi connectivity index (χ0) is 13.5. The van der Waals surface area contributed by atoms with E-state index in [1.807, 2.05) is 0 Å². The molecule has 0 amide bonds. The van der Waals surface area contributed by atoms with Crippen LogP contribution in [0.2, 0.25) is 5.15 Å². The van der Waals surface area contributed by atoms with Gasteiger partial charge in [-0.15, -0.1) is 0 Å². The molecule has 0 saturated carbocycles. The monoisotopic (exact) mass is 392 g/mol. The summed E-state index contributed by atoms with van der Waals surface area (Å²) >= 11 is 12.8. The molecule has 3 nitrogen and oxygen atoms in total. The maximum atomic E-state index is 6.13. The summed E-state index contributed by atoms with van der Waals surface area (Å²) in [5.74, 6) is 1.07. The van der Waals surface area contributed by atoms with Gasteiger partial charge in [0.25, 0.3) is 0 Å². The van der Waals surface area contributed by atoms with Gasteiger partial charge in [0.2, 0.25) is 0 Å². The zero-order valence-corrected chi connectivity index (χ0v) is 14.0. The Balaban J connectivity index is 2.61. The van der Waals surface area contributed by atoms with Crippen molar-refractivity contribution in [1.82, 2.24) is 9.97 Å². The van der Waals surface area contributed by atoms with Crippen molar-refractivity contribution in [2.45, 2.75) is 26.2 Å².